The van der Waals surface area contributed by atoms with Gasteiger partial charge >= 0.3 is 138 Å². The Bertz CT molecular complexity index is 351. The Hall–Kier alpha value is 0.243. The molecule has 0 spiro atoms. The average molecular weight is 373 g/mol. The van der Waals surface area contributed by atoms with Gasteiger partial charge < -0.3 is 0 Å². The molecule has 0 atom stereocenters. The molecule has 0 saturated carbocycles. The van der Waals surface area contributed by atoms with Crippen LogP contribution in [0.2, 0.25) is 3.12 Å². The van der Waals surface area contributed by atoms with Gasteiger partial charge in [-0.2, -0.15) is 0 Å². The first-order valence-corrected chi connectivity index (χ1v) is 12.9. The first-order chi connectivity index (χ1) is 9.84. The second kappa shape index (κ2) is 7.68. The van der Waals surface area contributed by atoms with Gasteiger partial charge in [-0.25, -0.2) is 0 Å². The topological polar surface area (TPSA) is 9.72 Å². The van der Waals surface area contributed by atoms with E-state index in [0.29, 0.717) is 5.92 Å². The van der Waals surface area contributed by atoms with Crippen LogP contribution in [-0.4, -0.2) is 49.3 Å². The van der Waals surface area contributed by atoms with Crippen LogP contribution in [-0.2, 0) is 21.1 Å². The van der Waals surface area contributed by atoms with Crippen LogP contribution in [0.25, 0.3) is 0 Å². The third kappa shape index (κ3) is 2.89. The van der Waals surface area contributed by atoms with Gasteiger partial charge in [0.2, 0.25) is 0 Å². The number of hydrogen-bond acceptors (Lipinski definition) is 3. The van der Waals surface area contributed by atoms with E-state index in [0.717, 1.165) is 19.6 Å². The Morgan fingerprint density at radius 3 is 1.38 bits per heavy atom. The number of hydrogen-bond donors (Lipinski definition) is 0. The van der Waals surface area contributed by atoms with Crippen molar-refractivity contribution in [2.45, 2.75) is 37.7 Å². The van der Waals surface area contributed by atoms with Crippen LogP contribution in [0.15, 0.2) is 24.3 Å². The molecule has 0 aliphatic heterocycles. The summed E-state index contributed by atoms with van der Waals surface area (Å²) in [7, 11) is 7.04. The van der Waals surface area contributed by atoms with Crippen LogP contribution in [0.1, 0.15) is 34.6 Å². The zero-order valence-corrected chi connectivity index (χ0v) is 17.8. The summed E-state index contributed by atoms with van der Waals surface area (Å²) in [6.07, 6.45) is 9.53. The molecule has 122 valence electrons. The van der Waals surface area contributed by atoms with Crippen molar-refractivity contribution in [3.05, 3.63) is 24.3 Å². The van der Waals surface area contributed by atoms with Crippen LogP contribution in [0.4, 0.5) is 0 Å². The van der Waals surface area contributed by atoms with Crippen molar-refractivity contribution in [2.24, 2.45) is 5.92 Å². The number of allylic oxidation sites excluding steroid dienone is 4. The summed E-state index contributed by atoms with van der Waals surface area (Å²) in [6, 6.07) is 0. The molecule has 4 heteroatoms. The summed E-state index contributed by atoms with van der Waals surface area (Å²) >= 11 is -3.04. The molecular weight excluding hydrogens is 337 g/mol. The molecule has 0 heterocycles. The van der Waals surface area contributed by atoms with Gasteiger partial charge in [0, 0.05) is 0 Å². The number of rotatable bonds is 8. The molecule has 0 aromatic carbocycles. The Balaban J connectivity index is 3.62. The fourth-order valence-electron chi connectivity index (χ4n) is 4.01. The molecular formula is C17H35N3Zr. The molecule has 0 amide bonds. The van der Waals surface area contributed by atoms with Gasteiger partial charge in [0.1, 0.15) is 0 Å². The molecule has 0 N–H and O–H groups in total. The van der Waals surface area contributed by atoms with Gasteiger partial charge in [-0.1, -0.05) is 0 Å². The van der Waals surface area contributed by atoms with Crippen molar-refractivity contribution >= 4 is 0 Å². The third-order valence-corrected chi connectivity index (χ3v) is 20.7. The predicted octanol–water partition coefficient (Wildman–Crippen LogP) is 3.68. The minimum absolute atomic E-state index is 0.203. The van der Waals surface area contributed by atoms with Crippen molar-refractivity contribution < 1.29 is 21.1 Å². The van der Waals surface area contributed by atoms with Crippen LogP contribution < -0.4 is 0 Å². The maximum atomic E-state index is 2.71. The van der Waals surface area contributed by atoms with E-state index in [2.05, 4.69) is 88.6 Å². The Labute approximate surface area is 138 Å². The van der Waals surface area contributed by atoms with Gasteiger partial charge in [0.15, 0.2) is 0 Å². The van der Waals surface area contributed by atoms with E-state index in [-0.39, 0.29) is 3.12 Å². The van der Waals surface area contributed by atoms with Crippen molar-refractivity contribution in [2.75, 3.05) is 40.8 Å². The molecule has 0 bridgehead atoms. The minimum atomic E-state index is -3.04. The predicted molar refractivity (Wildman–Crippen MR) is 90.7 cm³/mol. The molecule has 0 aromatic rings. The van der Waals surface area contributed by atoms with Crippen molar-refractivity contribution in [3.63, 3.8) is 0 Å². The summed E-state index contributed by atoms with van der Waals surface area (Å²) in [4.78, 5) is 0. The van der Waals surface area contributed by atoms with E-state index >= 15 is 0 Å². The average Bonchev–Trinajstić information content (AvgIpc) is 2.97. The van der Waals surface area contributed by atoms with E-state index in [1.807, 2.05) is 0 Å². The molecule has 1 aliphatic rings. The summed E-state index contributed by atoms with van der Waals surface area (Å²) in [5.74, 6) is 0.611. The van der Waals surface area contributed by atoms with Crippen LogP contribution >= 0.6 is 0 Å². The first-order valence-electron chi connectivity index (χ1n) is 8.35. The van der Waals surface area contributed by atoms with E-state index < -0.39 is 21.1 Å². The quantitative estimate of drug-likeness (QED) is 0.643. The Kier molecular flexibility index (Phi) is 7.05. The maximum absolute atomic E-state index is 3.04. The van der Waals surface area contributed by atoms with Gasteiger partial charge in [0.05, 0.1) is 0 Å². The number of nitrogens with zero attached hydrogens (tertiary/aromatic N) is 3. The third-order valence-electron chi connectivity index (χ3n) is 5.41. The molecule has 3 nitrogen and oxygen atoms in total. The summed E-state index contributed by atoms with van der Waals surface area (Å²) < 4.78 is 8.33. The standard InChI is InChI=1S/C8H11.3C3H8N.Zr/c1-7(2)8-5-3-4-6-8;3*1-3-4-2;/h3-7H,1-2H3;3*3H2,1-2H3;/q;3*-1;+3. The van der Waals surface area contributed by atoms with E-state index in [1.54, 1.807) is 0 Å². The van der Waals surface area contributed by atoms with Gasteiger partial charge in [-0.3, -0.25) is 0 Å². The summed E-state index contributed by atoms with van der Waals surface area (Å²) in [5.41, 5.74) is 0. The molecule has 0 saturated heterocycles. The van der Waals surface area contributed by atoms with E-state index in [1.165, 1.54) is 0 Å². The molecule has 0 radical (unpaired) electrons. The Morgan fingerprint density at radius 2 is 1.14 bits per heavy atom. The first kappa shape index (κ1) is 19.3. The second-order valence-corrected chi connectivity index (χ2v) is 17.4. The molecule has 0 fully saturated rings. The van der Waals surface area contributed by atoms with Crippen molar-refractivity contribution in [1.82, 2.24) is 8.53 Å². The van der Waals surface area contributed by atoms with Gasteiger partial charge in [-0.15, -0.1) is 0 Å². The van der Waals surface area contributed by atoms with Crippen molar-refractivity contribution in [1.29, 1.82) is 0 Å². The molecule has 21 heavy (non-hydrogen) atoms. The summed E-state index contributed by atoms with van der Waals surface area (Å²) in [6.45, 7) is 15.0. The SMILES string of the molecule is CC[N](C)[Zr]([N](C)CC)([N](C)CC)[C]1(C(C)C)C=CC=C1. The van der Waals surface area contributed by atoms with Crippen molar-refractivity contribution in [3.8, 4) is 0 Å². The van der Waals surface area contributed by atoms with E-state index in [9.17, 15) is 0 Å². The zero-order chi connectivity index (χ0) is 16.3. The van der Waals surface area contributed by atoms with Gasteiger partial charge in [-0.05, 0) is 0 Å². The molecule has 1 rings (SSSR count). The normalized spacial score (nSPS) is 17.9. The zero-order valence-electron chi connectivity index (χ0n) is 15.3. The molecule has 0 unspecified atom stereocenters. The van der Waals surface area contributed by atoms with Crippen LogP contribution in [0, 0.1) is 5.92 Å². The second-order valence-electron chi connectivity index (χ2n) is 6.48. The summed E-state index contributed by atoms with van der Waals surface area (Å²) in [5, 5.41) is 0. The van der Waals surface area contributed by atoms with Crippen LogP contribution in [0.3, 0.4) is 0 Å². The molecule has 0 aromatic heterocycles. The monoisotopic (exact) mass is 371 g/mol. The van der Waals surface area contributed by atoms with E-state index in [4.69, 9.17) is 0 Å². The van der Waals surface area contributed by atoms with Gasteiger partial charge in [0.25, 0.3) is 0 Å². The Morgan fingerprint density at radius 1 is 0.810 bits per heavy atom. The fraction of sp³-hybridized carbons (Fsp3) is 0.765. The molecule has 1 aliphatic carbocycles. The fourth-order valence-corrected chi connectivity index (χ4v) is 19.9. The van der Waals surface area contributed by atoms with Crippen LogP contribution in [0.5, 0.6) is 0 Å².